The fourth-order valence-corrected chi connectivity index (χ4v) is 3.02. The summed E-state index contributed by atoms with van der Waals surface area (Å²) < 4.78 is 6.34. The van der Waals surface area contributed by atoms with Gasteiger partial charge in [0.25, 0.3) is 5.91 Å². The van der Waals surface area contributed by atoms with Crippen LogP contribution in [-0.2, 0) is 4.79 Å². The molecule has 0 saturated heterocycles. The van der Waals surface area contributed by atoms with Crippen molar-refractivity contribution < 1.29 is 9.53 Å². The Morgan fingerprint density at radius 1 is 1.18 bits per heavy atom. The molecule has 0 aliphatic carbocycles. The van der Waals surface area contributed by atoms with E-state index < -0.39 is 0 Å². The molecule has 0 fully saturated rings. The highest BCUT2D eigenvalue weighted by Gasteiger charge is 2.05. The van der Waals surface area contributed by atoms with E-state index in [-0.39, 0.29) is 19.1 Å². The smallest absolute Gasteiger partial charge is 0.259 e. The van der Waals surface area contributed by atoms with Gasteiger partial charge in [0, 0.05) is 21.1 Å². The number of nitrogens with one attached hydrogen (secondary N) is 2. The summed E-state index contributed by atoms with van der Waals surface area (Å²) in [5.74, 6) is 2.75. The number of rotatable bonds is 7. The minimum atomic E-state index is -0.259. The summed E-state index contributed by atoms with van der Waals surface area (Å²) in [7, 11) is 0. The summed E-state index contributed by atoms with van der Waals surface area (Å²) in [4.78, 5) is 12.1. The van der Waals surface area contributed by atoms with Gasteiger partial charge in [-0.2, -0.15) is 5.10 Å². The van der Waals surface area contributed by atoms with Gasteiger partial charge >= 0.3 is 0 Å². The highest BCUT2D eigenvalue weighted by Crippen LogP contribution is 2.23. The van der Waals surface area contributed by atoms with Crippen LogP contribution >= 0.6 is 15.9 Å². The van der Waals surface area contributed by atoms with Crippen molar-refractivity contribution in [3.05, 3.63) is 70.7 Å². The largest absolute Gasteiger partial charge is 0.480 e. The Morgan fingerprint density at radius 2 is 2.00 bits per heavy atom. The lowest BCUT2D eigenvalue weighted by Crippen LogP contribution is -2.26. The molecule has 140 valence electrons. The maximum absolute atomic E-state index is 12.1. The number of amides is 1. The summed E-state index contributed by atoms with van der Waals surface area (Å²) in [6.07, 6.45) is 6.75. The number of hydrazone groups is 1. The quantitative estimate of drug-likeness (QED) is 0.332. The van der Waals surface area contributed by atoms with Gasteiger partial charge in [-0.3, -0.25) is 4.79 Å². The predicted molar refractivity (Wildman–Crippen MR) is 117 cm³/mol. The van der Waals surface area contributed by atoms with E-state index >= 15 is 0 Å². The molecule has 0 aromatic heterocycles. The molecule has 0 saturated carbocycles. The van der Waals surface area contributed by atoms with Crippen molar-refractivity contribution in [2.24, 2.45) is 5.10 Å². The average Bonchev–Trinajstić information content (AvgIpc) is 2.71. The number of hydrogen-bond acceptors (Lipinski definition) is 4. The zero-order valence-corrected chi connectivity index (χ0v) is 16.6. The van der Waals surface area contributed by atoms with E-state index in [9.17, 15) is 4.79 Å². The number of benzene rings is 3. The molecular formula is C22H18BrN3O2. The number of anilines is 1. The third-order valence-electron chi connectivity index (χ3n) is 3.90. The first-order valence-corrected chi connectivity index (χ1v) is 9.36. The van der Waals surface area contributed by atoms with Crippen LogP contribution in [0.3, 0.4) is 0 Å². The minimum absolute atomic E-state index is 0.101. The van der Waals surface area contributed by atoms with Gasteiger partial charge in [-0.15, -0.1) is 6.42 Å². The number of hydrogen-bond donors (Lipinski definition) is 2. The normalized spacial score (nSPS) is 10.6. The highest BCUT2D eigenvalue weighted by molar-refractivity contribution is 9.10. The van der Waals surface area contributed by atoms with Crippen LogP contribution in [0.4, 0.5) is 5.69 Å². The van der Waals surface area contributed by atoms with E-state index in [0.29, 0.717) is 11.3 Å². The van der Waals surface area contributed by atoms with Crippen molar-refractivity contribution in [3.63, 3.8) is 0 Å². The number of terminal acetylenes is 1. The molecule has 3 rings (SSSR count). The van der Waals surface area contributed by atoms with Crippen LogP contribution in [-0.4, -0.2) is 25.3 Å². The van der Waals surface area contributed by atoms with Crippen molar-refractivity contribution in [3.8, 4) is 18.1 Å². The zero-order valence-electron chi connectivity index (χ0n) is 15.0. The third-order valence-corrected chi connectivity index (χ3v) is 4.40. The summed E-state index contributed by atoms with van der Waals surface area (Å²) in [5.41, 5.74) is 4.11. The minimum Gasteiger partial charge on any atom is -0.480 e. The van der Waals surface area contributed by atoms with Gasteiger partial charge in [-0.05, 0) is 29.7 Å². The Labute approximate surface area is 171 Å². The second kappa shape index (κ2) is 9.58. The summed E-state index contributed by atoms with van der Waals surface area (Å²) in [6.45, 7) is 0.258. The molecule has 0 unspecified atom stereocenters. The van der Waals surface area contributed by atoms with Crippen LogP contribution in [0.15, 0.2) is 70.2 Å². The maximum Gasteiger partial charge on any atom is 0.259 e. The molecule has 3 aromatic rings. The predicted octanol–water partition coefficient (Wildman–Crippen LogP) is 4.18. The van der Waals surface area contributed by atoms with Crippen LogP contribution in [0, 0.1) is 12.3 Å². The fraction of sp³-hybridized carbons (Fsp3) is 0.0909. The van der Waals surface area contributed by atoms with Crippen molar-refractivity contribution in [2.45, 2.75) is 0 Å². The van der Waals surface area contributed by atoms with E-state index in [1.807, 2.05) is 54.6 Å². The van der Waals surface area contributed by atoms with Crippen LogP contribution in [0.5, 0.6) is 5.75 Å². The first-order chi connectivity index (χ1) is 13.7. The van der Waals surface area contributed by atoms with E-state index in [1.165, 1.54) is 6.21 Å². The standard InChI is InChI=1S/C22H18BrN3O2/c1-2-12-28-21-11-10-18(23)13-17(21)14-25-26-22(27)15-24-20-9-5-7-16-6-3-4-8-19(16)20/h1,3-11,13-14,24H,12,15H2,(H,26,27)/b25-14-. The third kappa shape index (κ3) is 5.12. The molecule has 3 aromatic carbocycles. The molecule has 0 radical (unpaired) electrons. The van der Waals surface area contributed by atoms with Crippen LogP contribution in [0.25, 0.3) is 10.8 Å². The number of halogens is 1. The fourth-order valence-electron chi connectivity index (χ4n) is 2.64. The SMILES string of the molecule is C#CCOc1ccc(Br)cc1/C=N\NC(=O)CNc1cccc2ccccc12. The summed E-state index contributed by atoms with van der Waals surface area (Å²) in [6, 6.07) is 19.4. The Hall–Kier alpha value is -3.30. The molecule has 28 heavy (non-hydrogen) atoms. The first kappa shape index (κ1) is 19.5. The molecule has 0 bridgehead atoms. The topological polar surface area (TPSA) is 62.7 Å². The second-order valence-electron chi connectivity index (χ2n) is 5.85. The monoisotopic (exact) mass is 435 g/mol. The number of carbonyl (C=O) groups is 1. The lowest BCUT2D eigenvalue weighted by atomic mass is 10.1. The van der Waals surface area contributed by atoms with E-state index in [0.717, 1.165) is 20.9 Å². The van der Waals surface area contributed by atoms with E-state index in [2.05, 4.69) is 37.7 Å². The van der Waals surface area contributed by atoms with Crippen molar-refractivity contribution in [1.29, 1.82) is 0 Å². The van der Waals surface area contributed by atoms with Crippen molar-refractivity contribution >= 4 is 44.5 Å². The van der Waals surface area contributed by atoms with Gasteiger partial charge in [0.15, 0.2) is 0 Å². The number of ether oxygens (including phenoxy) is 1. The Morgan fingerprint density at radius 3 is 2.86 bits per heavy atom. The van der Waals surface area contributed by atoms with Crippen molar-refractivity contribution in [2.75, 3.05) is 18.5 Å². The molecule has 0 atom stereocenters. The van der Waals surface area contributed by atoms with Gasteiger partial charge in [-0.25, -0.2) is 5.43 Å². The number of carbonyl (C=O) groups excluding carboxylic acids is 1. The van der Waals surface area contributed by atoms with Gasteiger partial charge in [0.1, 0.15) is 12.4 Å². The van der Waals surface area contributed by atoms with Crippen LogP contribution < -0.4 is 15.5 Å². The molecule has 2 N–H and O–H groups in total. The summed E-state index contributed by atoms with van der Waals surface area (Å²) in [5, 5.41) is 9.33. The number of fused-ring (bicyclic) bond motifs is 1. The van der Waals surface area contributed by atoms with Gasteiger partial charge in [0.05, 0.1) is 12.8 Å². The van der Waals surface area contributed by atoms with Gasteiger partial charge < -0.3 is 10.1 Å². The zero-order chi connectivity index (χ0) is 19.8. The molecular weight excluding hydrogens is 418 g/mol. The molecule has 5 nitrogen and oxygen atoms in total. The van der Waals surface area contributed by atoms with Crippen molar-refractivity contribution in [1.82, 2.24) is 5.43 Å². The summed E-state index contributed by atoms with van der Waals surface area (Å²) >= 11 is 3.40. The molecule has 0 heterocycles. The first-order valence-electron chi connectivity index (χ1n) is 8.57. The second-order valence-corrected chi connectivity index (χ2v) is 6.76. The van der Waals surface area contributed by atoms with E-state index in [1.54, 1.807) is 6.07 Å². The van der Waals surface area contributed by atoms with Gasteiger partial charge in [0.2, 0.25) is 0 Å². The van der Waals surface area contributed by atoms with Crippen LogP contribution in [0.1, 0.15) is 5.56 Å². The Kier molecular flexibility index (Phi) is 6.66. The molecule has 0 aliphatic heterocycles. The molecule has 6 heteroatoms. The lowest BCUT2D eigenvalue weighted by molar-refractivity contribution is -0.119. The van der Waals surface area contributed by atoms with Gasteiger partial charge in [-0.1, -0.05) is 58.2 Å². The van der Waals surface area contributed by atoms with E-state index in [4.69, 9.17) is 11.2 Å². The highest BCUT2D eigenvalue weighted by atomic mass is 79.9. The Bertz CT molecular complexity index is 1050. The lowest BCUT2D eigenvalue weighted by Gasteiger charge is -2.09. The average molecular weight is 436 g/mol. The van der Waals surface area contributed by atoms with Crippen LogP contribution in [0.2, 0.25) is 0 Å². The maximum atomic E-state index is 12.1. The molecule has 0 aliphatic rings. The molecule has 1 amide bonds. The molecule has 0 spiro atoms. The number of nitrogens with zero attached hydrogens (tertiary/aromatic N) is 1. The Balaban J connectivity index is 1.60.